The Morgan fingerprint density at radius 3 is 2.90 bits per heavy atom. The van der Waals surface area contributed by atoms with E-state index in [-0.39, 0.29) is 10.1 Å². The number of nitrogens with one attached hydrogen (secondary N) is 1. The minimum Gasteiger partial charge on any atom is -0.353 e. The Balaban J connectivity index is 2.30. The molecule has 3 N–H and O–H groups in total. The first-order chi connectivity index (χ1) is 9.50. The number of sulfonamides is 1. The maximum absolute atomic E-state index is 12.6. The van der Waals surface area contributed by atoms with Crippen LogP contribution in [0.5, 0.6) is 0 Å². The highest BCUT2D eigenvalue weighted by Crippen LogP contribution is 2.27. The number of thiophene rings is 1. The van der Waals surface area contributed by atoms with E-state index < -0.39 is 16.1 Å². The molecule has 6 nitrogen and oxygen atoms in total. The molecule has 1 fully saturated rings. The number of carbonyl (C=O) groups is 1. The van der Waals surface area contributed by atoms with Gasteiger partial charge in [0.1, 0.15) is 10.3 Å². The molecule has 8 heteroatoms. The van der Waals surface area contributed by atoms with Crippen molar-refractivity contribution < 1.29 is 13.2 Å². The molecule has 20 heavy (non-hydrogen) atoms. The molecule has 1 atom stereocenters. The number of rotatable bonds is 5. The van der Waals surface area contributed by atoms with E-state index >= 15 is 0 Å². The van der Waals surface area contributed by atoms with E-state index in [1.54, 1.807) is 12.1 Å². The first-order valence-corrected chi connectivity index (χ1v) is 8.84. The van der Waals surface area contributed by atoms with Crippen molar-refractivity contribution in [1.29, 1.82) is 0 Å². The average molecular weight is 317 g/mol. The first-order valence-electron chi connectivity index (χ1n) is 6.59. The Morgan fingerprint density at radius 1 is 1.50 bits per heavy atom. The molecule has 2 rings (SSSR count). The van der Waals surface area contributed by atoms with Crippen LogP contribution in [0.1, 0.15) is 18.2 Å². The van der Waals surface area contributed by atoms with Crippen LogP contribution in [0.2, 0.25) is 0 Å². The van der Waals surface area contributed by atoms with Crippen LogP contribution in [0.25, 0.3) is 0 Å². The minimum absolute atomic E-state index is 0.221. The number of piperazine rings is 1. The van der Waals surface area contributed by atoms with Crippen LogP contribution in [0.15, 0.2) is 16.3 Å². The van der Waals surface area contributed by atoms with Gasteiger partial charge in [-0.1, -0.05) is 6.92 Å². The van der Waals surface area contributed by atoms with Gasteiger partial charge in [0.25, 0.3) is 10.0 Å². The van der Waals surface area contributed by atoms with Crippen LogP contribution in [-0.2, 0) is 21.2 Å². The van der Waals surface area contributed by atoms with Crippen LogP contribution in [0.4, 0.5) is 0 Å². The van der Waals surface area contributed by atoms with Gasteiger partial charge >= 0.3 is 0 Å². The second-order valence-electron chi connectivity index (χ2n) is 4.59. The fourth-order valence-electron chi connectivity index (χ4n) is 2.26. The van der Waals surface area contributed by atoms with Crippen molar-refractivity contribution in [3.8, 4) is 0 Å². The molecule has 1 aromatic heterocycles. The molecule has 0 aliphatic carbocycles. The summed E-state index contributed by atoms with van der Waals surface area (Å²) in [6.45, 7) is 2.97. The lowest BCUT2D eigenvalue weighted by Crippen LogP contribution is -2.56. The van der Waals surface area contributed by atoms with Gasteiger partial charge in [0.15, 0.2) is 0 Å². The van der Waals surface area contributed by atoms with E-state index in [9.17, 15) is 13.2 Å². The third-order valence-corrected chi connectivity index (χ3v) is 6.78. The number of hydrogen-bond acceptors (Lipinski definition) is 5. The van der Waals surface area contributed by atoms with E-state index in [2.05, 4.69) is 5.32 Å². The molecule has 1 amide bonds. The molecule has 1 aliphatic rings. The number of nitrogens with two attached hydrogens (primary N) is 1. The van der Waals surface area contributed by atoms with Gasteiger partial charge in [-0.3, -0.25) is 4.79 Å². The maximum Gasteiger partial charge on any atom is 0.253 e. The molecular weight excluding hydrogens is 298 g/mol. The molecule has 0 bridgehead atoms. The van der Waals surface area contributed by atoms with E-state index in [1.807, 2.05) is 6.92 Å². The molecule has 1 unspecified atom stereocenters. The summed E-state index contributed by atoms with van der Waals surface area (Å²) in [6, 6.07) is 2.77. The van der Waals surface area contributed by atoms with Gasteiger partial charge < -0.3 is 11.1 Å². The van der Waals surface area contributed by atoms with Gasteiger partial charge in [-0.05, 0) is 31.5 Å². The lowest BCUT2D eigenvalue weighted by atomic mass is 10.2. The van der Waals surface area contributed by atoms with Crippen LogP contribution in [-0.4, -0.2) is 44.3 Å². The predicted octanol–water partition coefficient (Wildman–Crippen LogP) is 0.148. The Morgan fingerprint density at radius 2 is 2.25 bits per heavy atom. The summed E-state index contributed by atoms with van der Waals surface area (Å²) < 4.78 is 26.9. The van der Waals surface area contributed by atoms with Gasteiger partial charge in [0.2, 0.25) is 5.91 Å². The van der Waals surface area contributed by atoms with Crippen LogP contribution in [0.3, 0.4) is 0 Å². The number of nitrogens with zero attached hydrogens (tertiary/aromatic N) is 1. The van der Waals surface area contributed by atoms with Crippen molar-refractivity contribution in [3.05, 3.63) is 17.0 Å². The smallest absolute Gasteiger partial charge is 0.253 e. The van der Waals surface area contributed by atoms with E-state index in [0.29, 0.717) is 32.5 Å². The van der Waals surface area contributed by atoms with Crippen LogP contribution in [0, 0.1) is 0 Å². The highest BCUT2D eigenvalue weighted by Gasteiger charge is 2.37. The summed E-state index contributed by atoms with van der Waals surface area (Å²) in [5.74, 6) is -0.221. The van der Waals surface area contributed by atoms with Gasteiger partial charge in [0, 0.05) is 18.0 Å². The van der Waals surface area contributed by atoms with Gasteiger partial charge in [-0.25, -0.2) is 8.42 Å². The summed E-state index contributed by atoms with van der Waals surface area (Å²) in [5, 5.41) is 2.70. The Kier molecular flexibility index (Phi) is 4.79. The summed E-state index contributed by atoms with van der Waals surface area (Å²) in [7, 11) is -3.60. The molecule has 0 saturated carbocycles. The second-order valence-corrected chi connectivity index (χ2v) is 7.88. The molecule has 1 aliphatic heterocycles. The van der Waals surface area contributed by atoms with E-state index in [4.69, 9.17) is 5.73 Å². The predicted molar refractivity (Wildman–Crippen MR) is 78.1 cm³/mol. The van der Waals surface area contributed by atoms with Crippen molar-refractivity contribution in [2.75, 3.05) is 19.6 Å². The zero-order valence-corrected chi connectivity index (χ0v) is 13.0. The SMILES string of the molecule is CCC1C(=O)NCCN1S(=O)(=O)c1ccc(CCN)s1. The summed E-state index contributed by atoms with van der Waals surface area (Å²) in [5.41, 5.74) is 5.48. The topological polar surface area (TPSA) is 92.5 Å². The van der Waals surface area contributed by atoms with Crippen molar-refractivity contribution in [2.45, 2.75) is 30.0 Å². The van der Waals surface area contributed by atoms with Crippen molar-refractivity contribution in [2.24, 2.45) is 5.73 Å². The third kappa shape index (κ3) is 2.88. The fourth-order valence-corrected chi connectivity index (χ4v) is 5.42. The molecule has 0 aromatic carbocycles. The van der Waals surface area contributed by atoms with Gasteiger partial charge in [0.05, 0.1) is 0 Å². The standard InChI is InChI=1S/C12H19N3O3S2/c1-2-10-12(16)14-7-8-15(10)20(17,18)11-4-3-9(19-11)5-6-13/h3-4,10H,2,5-8,13H2,1H3,(H,14,16). The largest absolute Gasteiger partial charge is 0.353 e. The van der Waals surface area contributed by atoms with Gasteiger partial charge in [-0.15, -0.1) is 11.3 Å². The van der Waals surface area contributed by atoms with Gasteiger partial charge in [-0.2, -0.15) is 4.31 Å². The molecule has 1 saturated heterocycles. The minimum atomic E-state index is -3.60. The Bertz CT molecular complexity index is 583. The molecule has 2 heterocycles. The molecule has 1 aromatic rings. The zero-order chi connectivity index (χ0) is 14.8. The van der Waals surface area contributed by atoms with Crippen molar-refractivity contribution in [3.63, 3.8) is 0 Å². The maximum atomic E-state index is 12.6. The summed E-state index contributed by atoms with van der Waals surface area (Å²) in [6.07, 6.45) is 1.13. The highest BCUT2D eigenvalue weighted by molar-refractivity contribution is 7.91. The third-order valence-electron chi connectivity index (χ3n) is 3.26. The second kappa shape index (κ2) is 6.21. The number of carbonyl (C=O) groups excluding carboxylic acids is 1. The molecule has 112 valence electrons. The average Bonchev–Trinajstić information content (AvgIpc) is 2.88. The Labute approximate surface area is 123 Å². The van der Waals surface area contributed by atoms with Crippen LogP contribution >= 0.6 is 11.3 Å². The summed E-state index contributed by atoms with van der Waals surface area (Å²) in [4.78, 5) is 12.7. The lowest BCUT2D eigenvalue weighted by molar-refractivity contribution is -0.126. The fraction of sp³-hybridized carbons (Fsp3) is 0.583. The normalized spacial score (nSPS) is 20.9. The Hall–Kier alpha value is -0.960. The zero-order valence-electron chi connectivity index (χ0n) is 11.3. The monoisotopic (exact) mass is 317 g/mol. The number of hydrogen-bond donors (Lipinski definition) is 2. The van der Waals surface area contributed by atoms with E-state index in [0.717, 1.165) is 4.88 Å². The first kappa shape index (κ1) is 15.4. The van der Waals surface area contributed by atoms with E-state index in [1.165, 1.54) is 15.6 Å². The van der Waals surface area contributed by atoms with Crippen molar-refractivity contribution in [1.82, 2.24) is 9.62 Å². The number of amides is 1. The highest BCUT2D eigenvalue weighted by atomic mass is 32.2. The summed E-state index contributed by atoms with van der Waals surface area (Å²) >= 11 is 1.23. The molecule has 0 spiro atoms. The molecular formula is C12H19N3O3S2. The lowest BCUT2D eigenvalue weighted by Gasteiger charge is -2.32. The van der Waals surface area contributed by atoms with Crippen LogP contribution < -0.4 is 11.1 Å². The van der Waals surface area contributed by atoms with Crippen molar-refractivity contribution >= 4 is 27.3 Å². The quantitative estimate of drug-likeness (QED) is 0.808. The molecule has 0 radical (unpaired) electrons.